The van der Waals surface area contributed by atoms with E-state index < -0.39 is 6.04 Å². The van der Waals surface area contributed by atoms with Crippen LogP contribution in [0.3, 0.4) is 0 Å². The van der Waals surface area contributed by atoms with Gasteiger partial charge in [-0.15, -0.1) is 0 Å². The smallest absolute Gasteiger partial charge is 0.261 e. The first kappa shape index (κ1) is 23.2. The summed E-state index contributed by atoms with van der Waals surface area (Å²) >= 11 is 9.56. The first-order chi connectivity index (χ1) is 13.7. The molecule has 2 rings (SSSR count). The highest BCUT2D eigenvalue weighted by Crippen LogP contribution is 2.29. The van der Waals surface area contributed by atoms with E-state index in [1.165, 1.54) is 10.5 Å². The molecule has 0 spiro atoms. The third-order valence-corrected chi connectivity index (χ3v) is 5.48. The summed E-state index contributed by atoms with van der Waals surface area (Å²) in [6.45, 7) is 5.99. The quantitative estimate of drug-likeness (QED) is 0.591. The third kappa shape index (κ3) is 6.47. The monoisotopic (exact) mass is 480 g/mol. The van der Waals surface area contributed by atoms with Crippen LogP contribution in [0.15, 0.2) is 46.9 Å². The number of nitrogens with one attached hydrogen (secondary N) is 1. The number of rotatable bonds is 8. The highest BCUT2D eigenvalue weighted by molar-refractivity contribution is 9.10. The van der Waals surface area contributed by atoms with Crippen LogP contribution in [0.5, 0.6) is 5.75 Å². The van der Waals surface area contributed by atoms with E-state index in [1.807, 2.05) is 30.3 Å². The SMILES string of the molecule is CNC(=O)C(C)N(Cc1cccc(Cl)c1)C(=O)COc1ccc(C(C)C)cc1Br. The molecule has 1 atom stereocenters. The maximum absolute atomic E-state index is 12.9. The molecule has 7 heteroatoms. The number of likely N-dealkylation sites (N-methyl/N-ethyl adjacent to an activating group) is 1. The van der Waals surface area contributed by atoms with Gasteiger partial charge in [-0.05, 0) is 64.2 Å². The molecule has 0 bridgehead atoms. The zero-order valence-electron chi connectivity index (χ0n) is 17.0. The number of carbonyl (C=O) groups excluding carboxylic acids is 2. The van der Waals surface area contributed by atoms with Crippen LogP contribution in [0.4, 0.5) is 0 Å². The fourth-order valence-corrected chi connectivity index (χ4v) is 3.56. The normalized spacial score (nSPS) is 11.8. The van der Waals surface area contributed by atoms with Gasteiger partial charge in [-0.1, -0.05) is 43.6 Å². The minimum absolute atomic E-state index is 0.179. The van der Waals surface area contributed by atoms with Crippen LogP contribution in [0.2, 0.25) is 5.02 Å². The predicted octanol–water partition coefficient (Wildman–Crippen LogP) is 4.77. The summed E-state index contributed by atoms with van der Waals surface area (Å²) in [6, 6.07) is 12.4. The summed E-state index contributed by atoms with van der Waals surface area (Å²) in [5.74, 6) is 0.436. The fourth-order valence-electron chi connectivity index (χ4n) is 2.84. The van der Waals surface area contributed by atoms with Crippen molar-refractivity contribution >= 4 is 39.3 Å². The molecule has 0 aliphatic heterocycles. The molecule has 0 saturated heterocycles. The zero-order valence-corrected chi connectivity index (χ0v) is 19.4. The maximum atomic E-state index is 12.9. The standard InChI is InChI=1S/C22H26BrClN2O3/c1-14(2)17-8-9-20(19(23)11-17)29-13-21(27)26(15(3)22(28)25-4)12-16-6-5-7-18(24)10-16/h5-11,14-15H,12-13H2,1-4H3,(H,25,28). The van der Waals surface area contributed by atoms with Gasteiger partial charge in [-0.3, -0.25) is 9.59 Å². The first-order valence-electron chi connectivity index (χ1n) is 9.40. The van der Waals surface area contributed by atoms with Crippen LogP contribution in [0, 0.1) is 0 Å². The second kappa shape index (κ2) is 10.6. The van der Waals surface area contributed by atoms with Crippen LogP contribution in [0.25, 0.3) is 0 Å². The summed E-state index contributed by atoms with van der Waals surface area (Å²) in [5.41, 5.74) is 2.01. The van der Waals surface area contributed by atoms with Crippen molar-refractivity contribution in [3.63, 3.8) is 0 Å². The molecule has 0 aliphatic carbocycles. The summed E-state index contributed by atoms with van der Waals surface area (Å²) < 4.78 is 6.53. The molecule has 1 unspecified atom stereocenters. The topological polar surface area (TPSA) is 58.6 Å². The van der Waals surface area contributed by atoms with E-state index in [1.54, 1.807) is 26.1 Å². The van der Waals surface area contributed by atoms with Gasteiger partial charge in [0.2, 0.25) is 5.91 Å². The van der Waals surface area contributed by atoms with E-state index in [2.05, 4.69) is 35.1 Å². The van der Waals surface area contributed by atoms with Crippen molar-refractivity contribution in [3.8, 4) is 5.75 Å². The molecule has 0 saturated carbocycles. The second-order valence-corrected chi connectivity index (χ2v) is 8.37. The number of nitrogens with zero attached hydrogens (tertiary/aromatic N) is 1. The largest absolute Gasteiger partial charge is 0.483 e. The molecule has 5 nitrogen and oxygen atoms in total. The number of hydrogen-bond donors (Lipinski definition) is 1. The molecule has 1 N–H and O–H groups in total. The van der Waals surface area contributed by atoms with E-state index in [0.717, 1.165) is 10.0 Å². The van der Waals surface area contributed by atoms with Crippen molar-refractivity contribution in [1.82, 2.24) is 10.2 Å². The molecule has 156 valence electrons. The lowest BCUT2D eigenvalue weighted by Gasteiger charge is -2.28. The fraction of sp³-hybridized carbons (Fsp3) is 0.364. The molecule has 0 heterocycles. The lowest BCUT2D eigenvalue weighted by Crippen LogP contribution is -2.48. The summed E-state index contributed by atoms with van der Waals surface area (Å²) in [5, 5.41) is 3.17. The molecule has 0 aromatic heterocycles. The Balaban J connectivity index is 2.15. The van der Waals surface area contributed by atoms with E-state index in [4.69, 9.17) is 16.3 Å². The maximum Gasteiger partial charge on any atom is 0.261 e. The van der Waals surface area contributed by atoms with Crippen molar-refractivity contribution in [2.24, 2.45) is 0 Å². The molecule has 2 aromatic rings. The van der Waals surface area contributed by atoms with Crippen molar-refractivity contribution in [2.45, 2.75) is 39.3 Å². The predicted molar refractivity (Wildman–Crippen MR) is 119 cm³/mol. The zero-order chi connectivity index (χ0) is 21.6. The molecule has 2 aromatic carbocycles. The first-order valence-corrected chi connectivity index (χ1v) is 10.6. The molecule has 2 amide bonds. The van der Waals surface area contributed by atoms with Crippen molar-refractivity contribution < 1.29 is 14.3 Å². The van der Waals surface area contributed by atoms with Gasteiger partial charge < -0.3 is 15.0 Å². The Morgan fingerprint density at radius 1 is 1.17 bits per heavy atom. The molecular formula is C22H26BrClN2O3. The number of hydrogen-bond acceptors (Lipinski definition) is 3. The Morgan fingerprint density at radius 3 is 2.48 bits per heavy atom. The summed E-state index contributed by atoms with van der Waals surface area (Å²) in [6.07, 6.45) is 0. The summed E-state index contributed by atoms with van der Waals surface area (Å²) in [7, 11) is 1.55. The minimum atomic E-state index is -0.651. The van der Waals surface area contributed by atoms with Gasteiger partial charge >= 0.3 is 0 Å². The number of carbonyl (C=O) groups is 2. The van der Waals surface area contributed by atoms with Gasteiger partial charge in [0.25, 0.3) is 5.91 Å². The molecular weight excluding hydrogens is 456 g/mol. The van der Waals surface area contributed by atoms with E-state index in [0.29, 0.717) is 16.7 Å². The number of amides is 2. The second-order valence-electron chi connectivity index (χ2n) is 7.08. The van der Waals surface area contributed by atoms with Gasteiger partial charge in [0.15, 0.2) is 6.61 Å². The number of benzene rings is 2. The number of ether oxygens (including phenoxy) is 1. The van der Waals surface area contributed by atoms with Crippen molar-refractivity contribution in [1.29, 1.82) is 0 Å². The Kier molecular flexibility index (Phi) is 8.53. The van der Waals surface area contributed by atoms with Crippen molar-refractivity contribution in [2.75, 3.05) is 13.7 Å². The van der Waals surface area contributed by atoms with Gasteiger partial charge in [-0.2, -0.15) is 0 Å². The Hall–Kier alpha value is -2.05. The van der Waals surface area contributed by atoms with E-state index >= 15 is 0 Å². The van der Waals surface area contributed by atoms with Gasteiger partial charge in [-0.25, -0.2) is 0 Å². The average molecular weight is 482 g/mol. The molecule has 0 fully saturated rings. The number of halogens is 2. The van der Waals surface area contributed by atoms with Crippen LogP contribution in [-0.4, -0.2) is 36.4 Å². The van der Waals surface area contributed by atoms with Crippen molar-refractivity contribution in [3.05, 3.63) is 63.1 Å². The molecule has 0 aliphatic rings. The highest BCUT2D eigenvalue weighted by atomic mass is 79.9. The Labute approximate surface area is 185 Å². The van der Waals surface area contributed by atoms with Crippen LogP contribution >= 0.6 is 27.5 Å². The Bertz CT molecular complexity index is 873. The van der Waals surface area contributed by atoms with E-state index in [-0.39, 0.29) is 25.0 Å². The van der Waals surface area contributed by atoms with E-state index in [9.17, 15) is 9.59 Å². The lowest BCUT2D eigenvalue weighted by atomic mass is 10.0. The lowest BCUT2D eigenvalue weighted by molar-refractivity contribution is -0.142. The van der Waals surface area contributed by atoms with Crippen LogP contribution < -0.4 is 10.1 Å². The van der Waals surface area contributed by atoms with Gasteiger partial charge in [0, 0.05) is 18.6 Å². The summed E-state index contributed by atoms with van der Waals surface area (Å²) in [4.78, 5) is 26.6. The Morgan fingerprint density at radius 2 is 1.90 bits per heavy atom. The minimum Gasteiger partial charge on any atom is -0.483 e. The van der Waals surface area contributed by atoms with Gasteiger partial charge in [0.05, 0.1) is 4.47 Å². The average Bonchev–Trinajstić information content (AvgIpc) is 2.69. The molecule has 0 radical (unpaired) electrons. The van der Waals surface area contributed by atoms with Crippen LogP contribution in [0.1, 0.15) is 37.8 Å². The molecule has 29 heavy (non-hydrogen) atoms. The third-order valence-electron chi connectivity index (χ3n) is 4.63. The van der Waals surface area contributed by atoms with Crippen LogP contribution in [-0.2, 0) is 16.1 Å². The highest BCUT2D eigenvalue weighted by Gasteiger charge is 2.26. The van der Waals surface area contributed by atoms with Gasteiger partial charge in [0.1, 0.15) is 11.8 Å².